The normalized spacial score (nSPS) is 12.5. The number of halogens is 1. The Labute approximate surface area is 101 Å². The molecule has 0 aliphatic carbocycles. The Balaban J connectivity index is 2.34. The third-order valence-electron chi connectivity index (χ3n) is 2.21. The first kappa shape index (κ1) is 13.3. The summed E-state index contributed by atoms with van der Waals surface area (Å²) in [5, 5.41) is 12.6. The standard InChI is InChI=1S/C12H18ClNO2/c1-9-3-4-11(13)12(7-9)16-6-5-14-10(2)8-15/h3-4,7,10,14-15H,5-6,8H2,1-2H3. The molecule has 0 amide bonds. The average Bonchev–Trinajstić information content (AvgIpc) is 2.28. The zero-order valence-corrected chi connectivity index (χ0v) is 10.4. The predicted octanol–water partition coefficient (Wildman–Crippen LogP) is 2.00. The van der Waals surface area contributed by atoms with Gasteiger partial charge in [-0.1, -0.05) is 17.7 Å². The Morgan fingerprint density at radius 2 is 2.25 bits per heavy atom. The lowest BCUT2D eigenvalue weighted by molar-refractivity contribution is 0.239. The highest BCUT2D eigenvalue weighted by Crippen LogP contribution is 2.24. The summed E-state index contributed by atoms with van der Waals surface area (Å²) < 4.78 is 5.54. The fourth-order valence-corrected chi connectivity index (χ4v) is 1.42. The number of aliphatic hydroxyl groups excluding tert-OH is 1. The molecule has 3 nitrogen and oxygen atoms in total. The van der Waals surface area contributed by atoms with Gasteiger partial charge in [-0.2, -0.15) is 0 Å². The molecule has 0 heterocycles. The molecule has 0 saturated carbocycles. The summed E-state index contributed by atoms with van der Waals surface area (Å²) in [6.07, 6.45) is 0. The monoisotopic (exact) mass is 243 g/mol. The van der Waals surface area contributed by atoms with E-state index in [1.54, 1.807) is 0 Å². The highest BCUT2D eigenvalue weighted by molar-refractivity contribution is 6.32. The van der Waals surface area contributed by atoms with Crippen molar-refractivity contribution in [2.45, 2.75) is 19.9 Å². The maximum atomic E-state index is 8.81. The van der Waals surface area contributed by atoms with Crippen LogP contribution in [0.2, 0.25) is 5.02 Å². The van der Waals surface area contributed by atoms with E-state index in [-0.39, 0.29) is 12.6 Å². The fraction of sp³-hybridized carbons (Fsp3) is 0.500. The van der Waals surface area contributed by atoms with Crippen LogP contribution in [0.15, 0.2) is 18.2 Å². The van der Waals surface area contributed by atoms with E-state index in [0.717, 1.165) is 5.56 Å². The van der Waals surface area contributed by atoms with Gasteiger partial charge in [-0.25, -0.2) is 0 Å². The van der Waals surface area contributed by atoms with Crippen LogP contribution in [-0.4, -0.2) is 30.9 Å². The largest absolute Gasteiger partial charge is 0.491 e. The molecule has 0 radical (unpaired) electrons. The average molecular weight is 244 g/mol. The van der Waals surface area contributed by atoms with Crippen molar-refractivity contribution in [3.63, 3.8) is 0 Å². The van der Waals surface area contributed by atoms with Gasteiger partial charge in [0.05, 0.1) is 11.6 Å². The highest BCUT2D eigenvalue weighted by atomic mass is 35.5. The molecule has 1 aromatic rings. The molecule has 0 bridgehead atoms. The van der Waals surface area contributed by atoms with Crippen LogP contribution >= 0.6 is 11.6 Å². The molecule has 90 valence electrons. The maximum Gasteiger partial charge on any atom is 0.138 e. The zero-order chi connectivity index (χ0) is 12.0. The molecule has 1 unspecified atom stereocenters. The van der Waals surface area contributed by atoms with Crippen molar-refractivity contribution in [3.8, 4) is 5.75 Å². The van der Waals surface area contributed by atoms with Crippen LogP contribution in [0.4, 0.5) is 0 Å². The first-order valence-electron chi connectivity index (χ1n) is 5.36. The lowest BCUT2D eigenvalue weighted by Crippen LogP contribution is -2.32. The van der Waals surface area contributed by atoms with Crippen LogP contribution in [0.5, 0.6) is 5.75 Å². The molecule has 0 aliphatic rings. The third-order valence-corrected chi connectivity index (χ3v) is 2.53. The second-order valence-electron chi connectivity index (χ2n) is 3.82. The van der Waals surface area contributed by atoms with Crippen molar-refractivity contribution in [2.24, 2.45) is 0 Å². The molecule has 16 heavy (non-hydrogen) atoms. The molecule has 1 aromatic carbocycles. The van der Waals surface area contributed by atoms with Crippen LogP contribution in [-0.2, 0) is 0 Å². The van der Waals surface area contributed by atoms with Crippen LogP contribution < -0.4 is 10.1 Å². The van der Waals surface area contributed by atoms with Crippen molar-refractivity contribution in [3.05, 3.63) is 28.8 Å². The van der Waals surface area contributed by atoms with Gasteiger partial charge >= 0.3 is 0 Å². The Kier molecular flexibility index (Phi) is 5.60. The van der Waals surface area contributed by atoms with Gasteiger partial charge in [0.15, 0.2) is 0 Å². The van der Waals surface area contributed by atoms with Crippen molar-refractivity contribution < 1.29 is 9.84 Å². The van der Waals surface area contributed by atoms with Crippen molar-refractivity contribution in [1.29, 1.82) is 0 Å². The zero-order valence-electron chi connectivity index (χ0n) is 9.66. The van der Waals surface area contributed by atoms with Gasteiger partial charge < -0.3 is 15.2 Å². The minimum atomic E-state index is 0.0941. The molecule has 0 saturated heterocycles. The lowest BCUT2D eigenvalue weighted by Gasteiger charge is -2.12. The second-order valence-corrected chi connectivity index (χ2v) is 4.23. The molecule has 0 aromatic heterocycles. The molecule has 1 rings (SSSR count). The molecule has 1 atom stereocenters. The first-order chi connectivity index (χ1) is 7.63. The van der Waals surface area contributed by atoms with Gasteiger partial charge in [0.1, 0.15) is 12.4 Å². The summed E-state index contributed by atoms with van der Waals surface area (Å²) >= 11 is 5.98. The smallest absolute Gasteiger partial charge is 0.138 e. The summed E-state index contributed by atoms with van der Waals surface area (Å²) in [7, 11) is 0. The van der Waals surface area contributed by atoms with Gasteiger partial charge in [-0.05, 0) is 31.5 Å². The summed E-state index contributed by atoms with van der Waals surface area (Å²) in [6, 6.07) is 5.78. The Morgan fingerprint density at radius 3 is 2.94 bits per heavy atom. The Morgan fingerprint density at radius 1 is 1.50 bits per heavy atom. The summed E-state index contributed by atoms with van der Waals surface area (Å²) in [5.41, 5.74) is 1.12. The molecule has 0 fully saturated rings. The van der Waals surface area contributed by atoms with Gasteiger partial charge in [-0.3, -0.25) is 0 Å². The lowest BCUT2D eigenvalue weighted by atomic mass is 10.2. The van der Waals surface area contributed by atoms with Crippen LogP contribution in [0, 0.1) is 6.92 Å². The highest BCUT2D eigenvalue weighted by Gasteiger charge is 2.02. The minimum absolute atomic E-state index is 0.0941. The van der Waals surface area contributed by atoms with Crippen molar-refractivity contribution in [1.82, 2.24) is 5.32 Å². The third kappa shape index (κ3) is 4.39. The molecule has 0 spiro atoms. The van der Waals surface area contributed by atoms with E-state index in [4.69, 9.17) is 21.4 Å². The number of hydrogen-bond acceptors (Lipinski definition) is 3. The number of ether oxygens (including phenoxy) is 1. The van der Waals surface area contributed by atoms with E-state index in [2.05, 4.69) is 5.32 Å². The van der Waals surface area contributed by atoms with E-state index in [1.807, 2.05) is 32.0 Å². The molecule has 2 N–H and O–H groups in total. The number of aryl methyl sites for hydroxylation is 1. The molecular formula is C12H18ClNO2. The molecule has 0 aliphatic heterocycles. The van der Waals surface area contributed by atoms with E-state index in [1.165, 1.54) is 0 Å². The molecular weight excluding hydrogens is 226 g/mol. The predicted molar refractivity (Wildman–Crippen MR) is 66.2 cm³/mol. The SMILES string of the molecule is Cc1ccc(Cl)c(OCCNC(C)CO)c1. The quantitative estimate of drug-likeness (QED) is 0.751. The van der Waals surface area contributed by atoms with E-state index in [0.29, 0.717) is 23.9 Å². The number of nitrogens with one attached hydrogen (secondary N) is 1. The number of hydrogen-bond donors (Lipinski definition) is 2. The topological polar surface area (TPSA) is 41.5 Å². The fourth-order valence-electron chi connectivity index (χ4n) is 1.25. The van der Waals surface area contributed by atoms with Gasteiger partial charge in [0.2, 0.25) is 0 Å². The number of aliphatic hydroxyl groups is 1. The summed E-state index contributed by atoms with van der Waals surface area (Å²) in [5.74, 6) is 0.708. The minimum Gasteiger partial charge on any atom is -0.491 e. The summed E-state index contributed by atoms with van der Waals surface area (Å²) in [4.78, 5) is 0. The van der Waals surface area contributed by atoms with E-state index < -0.39 is 0 Å². The number of rotatable bonds is 6. The van der Waals surface area contributed by atoms with E-state index in [9.17, 15) is 0 Å². The van der Waals surface area contributed by atoms with Crippen LogP contribution in [0.25, 0.3) is 0 Å². The maximum absolute atomic E-state index is 8.81. The number of benzene rings is 1. The first-order valence-corrected chi connectivity index (χ1v) is 5.74. The molecule has 4 heteroatoms. The van der Waals surface area contributed by atoms with Gasteiger partial charge in [0.25, 0.3) is 0 Å². The van der Waals surface area contributed by atoms with E-state index >= 15 is 0 Å². The van der Waals surface area contributed by atoms with Crippen LogP contribution in [0.3, 0.4) is 0 Å². The Hall–Kier alpha value is -0.770. The van der Waals surface area contributed by atoms with Gasteiger partial charge in [0, 0.05) is 12.6 Å². The van der Waals surface area contributed by atoms with Crippen molar-refractivity contribution >= 4 is 11.6 Å². The van der Waals surface area contributed by atoms with Crippen molar-refractivity contribution in [2.75, 3.05) is 19.8 Å². The second kappa shape index (κ2) is 6.74. The Bertz CT molecular complexity index is 331. The summed E-state index contributed by atoms with van der Waals surface area (Å²) in [6.45, 7) is 5.26. The van der Waals surface area contributed by atoms with Crippen LogP contribution in [0.1, 0.15) is 12.5 Å². The van der Waals surface area contributed by atoms with Gasteiger partial charge in [-0.15, -0.1) is 0 Å².